The zero-order valence-electron chi connectivity index (χ0n) is 13.6. The summed E-state index contributed by atoms with van der Waals surface area (Å²) in [6.45, 7) is 0.874. The Hall–Kier alpha value is -2.05. The first-order valence-corrected chi connectivity index (χ1v) is 8.22. The molecule has 2 rings (SSSR count). The Morgan fingerprint density at radius 2 is 1.21 bits per heavy atom. The van der Waals surface area contributed by atoms with Gasteiger partial charge in [0.15, 0.2) is 0 Å². The van der Waals surface area contributed by atoms with Crippen molar-refractivity contribution in [2.45, 2.75) is 38.5 Å². The number of carbonyl (C=O) groups excluding carboxylic acids is 3. The third kappa shape index (κ3) is 5.54. The molecule has 0 aromatic carbocycles. The highest BCUT2D eigenvalue weighted by molar-refractivity contribution is 5.88. The van der Waals surface area contributed by atoms with Crippen LogP contribution in [0.15, 0.2) is 23.8 Å². The number of amides is 2. The molecule has 2 aliphatic rings. The fourth-order valence-corrected chi connectivity index (χ4v) is 2.77. The maximum Gasteiger partial charge on any atom is 0.223 e. The molecule has 24 heavy (non-hydrogen) atoms. The van der Waals surface area contributed by atoms with Crippen LogP contribution in [-0.4, -0.2) is 53.6 Å². The van der Waals surface area contributed by atoms with E-state index in [1.165, 1.54) is 22.0 Å². The topological polar surface area (TPSA) is 57.7 Å². The van der Waals surface area contributed by atoms with Crippen LogP contribution in [0.5, 0.6) is 0 Å². The summed E-state index contributed by atoms with van der Waals surface area (Å²) in [4.78, 5) is 38.5. The molecule has 0 atom stereocenters. The maximum absolute atomic E-state index is 13.1. The number of halogens is 2. The van der Waals surface area contributed by atoms with Gasteiger partial charge in [0.1, 0.15) is 17.4 Å². The first kappa shape index (κ1) is 18.3. The van der Waals surface area contributed by atoms with Gasteiger partial charge in [0.25, 0.3) is 0 Å². The van der Waals surface area contributed by atoms with Gasteiger partial charge in [0.2, 0.25) is 11.8 Å². The standard InChI is InChI=1S/C17H22F2N2O3/c18-13-3-1-9-20(11-13)16(23)7-5-15(22)6-8-17(24)21-10-2-4-14(19)12-21/h3-4H,1-2,5-12H2. The highest BCUT2D eigenvalue weighted by atomic mass is 19.1. The largest absolute Gasteiger partial charge is 0.336 e. The molecule has 7 heteroatoms. The van der Waals surface area contributed by atoms with Gasteiger partial charge in [0, 0.05) is 38.8 Å². The summed E-state index contributed by atoms with van der Waals surface area (Å²) >= 11 is 0. The van der Waals surface area contributed by atoms with Crippen LogP contribution in [0.25, 0.3) is 0 Å². The number of carbonyl (C=O) groups is 3. The molecule has 0 aliphatic carbocycles. The van der Waals surface area contributed by atoms with E-state index >= 15 is 0 Å². The van der Waals surface area contributed by atoms with Crippen molar-refractivity contribution in [2.75, 3.05) is 26.2 Å². The second-order valence-corrected chi connectivity index (χ2v) is 6.05. The molecule has 0 radical (unpaired) electrons. The molecule has 0 bridgehead atoms. The van der Waals surface area contributed by atoms with Crippen LogP contribution in [0, 0.1) is 0 Å². The Morgan fingerprint density at radius 1 is 0.792 bits per heavy atom. The minimum absolute atomic E-state index is 0.0282. The summed E-state index contributed by atoms with van der Waals surface area (Å²) in [6.07, 6.45) is 4.03. The summed E-state index contributed by atoms with van der Waals surface area (Å²) < 4.78 is 26.3. The van der Waals surface area contributed by atoms with Crippen molar-refractivity contribution in [1.82, 2.24) is 9.80 Å². The molecule has 0 saturated heterocycles. The molecular weight excluding hydrogens is 318 g/mol. The number of rotatable bonds is 6. The lowest BCUT2D eigenvalue weighted by Crippen LogP contribution is -2.36. The molecule has 2 heterocycles. The van der Waals surface area contributed by atoms with Crippen molar-refractivity contribution in [3.8, 4) is 0 Å². The van der Waals surface area contributed by atoms with E-state index in [9.17, 15) is 23.2 Å². The van der Waals surface area contributed by atoms with Crippen molar-refractivity contribution >= 4 is 17.6 Å². The van der Waals surface area contributed by atoms with E-state index in [0.717, 1.165) is 0 Å². The van der Waals surface area contributed by atoms with Crippen LogP contribution in [0.4, 0.5) is 8.78 Å². The number of hydrogen-bond donors (Lipinski definition) is 0. The van der Waals surface area contributed by atoms with E-state index in [1.807, 2.05) is 0 Å². The molecule has 0 aromatic heterocycles. The first-order chi connectivity index (χ1) is 11.5. The zero-order chi connectivity index (χ0) is 17.5. The normalized spacial score (nSPS) is 18.1. The van der Waals surface area contributed by atoms with Gasteiger partial charge >= 0.3 is 0 Å². The lowest BCUT2D eigenvalue weighted by Gasteiger charge is -2.25. The third-order valence-electron chi connectivity index (χ3n) is 4.15. The van der Waals surface area contributed by atoms with Gasteiger partial charge in [-0.25, -0.2) is 8.78 Å². The molecule has 0 unspecified atom stereocenters. The molecule has 132 valence electrons. The monoisotopic (exact) mass is 340 g/mol. The molecule has 2 aliphatic heterocycles. The Morgan fingerprint density at radius 3 is 1.58 bits per heavy atom. The molecule has 0 N–H and O–H groups in total. The van der Waals surface area contributed by atoms with E-state index < -0.39 is 0 Å². The van der Waals surface area contributed by atoms with Crippen molar-refractivity contribution in [3.05, 3.63) is 23.8 Å². The van der Waals surface area contributed by atoms with Crippen LogP contribution in [0.3, 0.4) is 0 Å². The van der Waals surface area contributed by atoms with Gasteiger partial charge in [-0.15, -0.1) is 0 Å². The van der Waals surface area contributed by atoms with Crippen molar-refractivity contribution in [1.29, 1.82) is 0 Å². The third-order valence-corrected chi connectivity index (χ3v) is 4.15. The fourth-order valence-electron chi connectivity index (χ4n) is 2.77. The number of ketones is 1. The van der Waals surface area contributed by atoms with Crippen LogP contribution < -0.4 is 0 Å². The van der Waals surface area contributed by atoms with Gasteiger partial charge in [-0.05, 0) is 25.0 Å². The smallest absolute Gasteiger partial charge is 0.223 e. The number of Topliss-reactive ketones (excluding diaryl/α,β-unsaturated/α-hetero) is 1. The molecular formula is C17H22F2N2O3. The Balaban J connectivity index is 1.66. The van der Waals surface area contributed by atoms with Gasteiger partial charge in [0.05, 0.1) is 13.1 Å². The van der Waals surface area contributed by atoms with Crippen molar-refractivity contribution in [2.24, 2.45) is 0 Å². The second kappa shape index (κ2) is 8.70. The average Bonchev–Trinajstić information content (AvgIpc) is 2.57. The minimum Gasteiger partial charge on any atom is -0.336 e. The quantitative estimate of drug-likeness (QED) is 0.745. The first-order valence-electron chi connectivity index (χ1n) is 8.22. The van der Waals surface area contributed by atoms with Crippen LogP contribution in [0.2, 0.25) is 0 Å². The zero-order valence-corrected chi connectivity index (χ0v) is 13.6. The summed E-state index contributed by atoms with van der Waals surface area (Å²) in [6, 6.07) is 0. The van der Waals surface area contributed by atoms with Crippen molar-refractivity contribution < 1.29 is 23.2 Å². The molecule has 0 fully saturated rings. The summed E-state index contributed by atoms with van der Waals surface area (Å²) in [5.41, 5.74) is 0. The predicted molar refractivity (Wildman–Crippen MR) is 84.3 cm³/mol. The van der Waals surface area contributed by atoms with Crippen molar-refractivity contribution in [3.63, 3.8) is 0 Å². The van der Waals surface area contributed by atoms with E-state index in [1.54, 1.807) is 0 Å². The van der Waals surface area contributed by atoms with E-state index in [-0.39, 0.29) is 68.0 Å². The molecule has 0 spiro atoms. The van der Waals surface area contributed by atoms with Crippen LogP contribution in [0.1, 0.15) is 38.5 Å². The number of hydrogen-bond acceptors (Lipinski definition) is 3. The molecule has 2 amide bonds. The van der Waals surface area contributed by atoms with Crippen LogP contribution >= 0.6 is 0 Å². The van der Waals surface area contributed by atoms with Gasteiger partial charge in [-0.1, -0.05) is 0 Å². The Labute approximate surface area is 140 Å². The summed E-state index contributed by atoms with van der Waals surface area (Å²) in [7, 11) is 0. The Bertz CT molecular complexity index is 524. The molecule has 0 saturated carbocycles. The maximum atomic E-state index is 13.1. The predicted octanol–water partition coefficient (Wildman–Crippen LogP) is 2.29. The number of nitrogens with zero attached hydrogens (tertiary/aromatic N) is 2. The second-order valence-electron chi connectivity index (χ2n) is 6.05. The van der Waals surface area contributed by atoms with Gasteiger partial charge in [-0.2, -0.15) is 0 Å². The van der Waals surface area contributed by atoms with Crippen LogP contribution in [-0.2, 0) is 14.4 Å². The Kier molecular flexibility index (Phi) is 6.63. The fraction of sp³-hybridized carbons (Fsp3) is 0.588. The SMILES string of the molecule is O=C(CCC(=O)N1CCC=C(F)C1)CCC(=O)N1CCC=C(F)C1. The minimum atomic E-state index is -0.325. The highest BCUT2D eigenvalue weighted by Gasteiger charge is 2.21. The van der Waals surface area contributed by atoms with E-state index in [4.69, 9.17) is 0 Å². The average molecular weight is 340 g/mol. The highest BCUT2D eigenvalue weighted by Crippen LogP contribution is 2.14. The van der Waals surface area contributed by atoms with Gasteiger partial charge < -0.3 is 9.80 Å². The van der Waals surface area contributed by atoms with E-state index in [0.29, 0.717) is 25.9 Å². The van der Waals surface area contributed by atoms with E-state index in [2.05, 4.69) is 0 Å². The molecule has 5 nitrogen and oxygen atoms in total. The molecule has 0 aromatic rings. The summed E-state index contributed by atoms with van der Waals surface area (Å²) in [5.74, 6) is -1.33. The lowest BCUT2D eigenvalue weighted by molar-refractivity contribution is -0.134. The summed E-state index contributed by atoms with van der Waals surface area (Å²) in [5, 5.41) is 0. The van der Waals surface area contributed by atoms with Gasteiger partial charge in [-0.3, -0.25) is 14.4 Å². The lowest BCUT2D eigenvalue weighted by atomic mass is 10.1.